The lowest BCUT2D eigenvalue weighted by Crippen LogP contribution is -2.12. The molecule has 122 valence electrons. The van der Waals surface area contributed by atoms with E-state index in [2.05, 4.69) is 21.2 Å². The first-order valence-corrected chi connectivity index (χ1v) is 7.35. The van der Waals surface area contributed by atoms with Crippen LogP contribution in [-0.2, 0) is 0 Å². The maximum absolute atomic E-state index is 13.7. The molecule has 2 aromatic rings. The maximum atomic E-state index is 13.7. The number of anilines is 1. The monoisotopic (exact) mass is 383 g/mol. The molecule has 0 unspecified atom stereocenters. The van der Waals surface area contributed by atoms with Crippen LogP contribution in [-0.4, -0.2) is 27.2 Å². The lowest BCUT2D eigenvalue weighted by Gasteiger charge is -2.12. The van der Waals surface area contributed by atoms with Gasteiger partial charge in [-0.3, -0.25) is 4.79 Å². The fraction of sp³-hybridized carbons (Fsp3) is 0.188. The Morgan fingerprint density at radius 1 is 1.00 bits per heavy atom. The second-order valence-corrected chi connectivity index (χ2v) is 5.29. The molecule has 0 aromatic heterocycles. The summed E-state index contributed by atoms with van der Waals surface area (Å²) in [4.78, 5) is 12.3. The van der Waals surface area contributed by atoms with Gasteiger partial charge >= 0.3 is 0 Å². The van der Waals surface area contributed by atoms with Gasteiger partial charge in [0.25, 0.3) is 5.91 Å². The molecule has 0 bridgehead atoms. The lowest BCUT2D eigenvalue weighted by atomic mass is 10.1. The standard InChI is InChI=1S/C16H15BrFNO4/c1-21-12-5-4-10(8-11(12)18)19-16(20)9-6-13(22-2)15(17)14(7-9)23-3/h4-8H,1-3H3,(H,19,20). The predicted molar refractivity (Wildman–Crippen MR) is 88.2 cm³/mol. The average Bonchev–Trinajstić information content (AvgIpc) is 2.55. The fourth-order valence-corrected chi connectivity index (χ4v) is 2.50. The number of hydrogen-bond donors (Lipinski definition) is 1. The summed E-state index contributed by atoms with van der Waals surface area (Å²) in [5.41, 5.74) is 0.632. The van der Waals surface area contributed by atoms with Crippen LogP contribution in [0.3, 0.4) is 0 Å². The number of hydrogen-bond acceptors (Lipinski definition) is 4. The van der Waals surface area contributed by atoms with Crippen LogP contribution >= 0.6 is 15.9 Å². The molecule has 0 spiro atoms. The van der Waals surface area contributed by atoms with Gasteiger partial charge in [-0.15, -0.1) is 0 Å². The van der Waals surface area contributed by atoms with Gasteiger partial charge in [0, 0.05) is 17.3 Å². The highest BCUT2D eigenvalue weighted by Gasteiger charge is 2.15. The van der Waals surface area contributed by atoms with Crippen LogP contribution in [0.5, 0.6) is 17.2 Å². The number of carbonyl (C=O) groups is 1. The second kappa shape index (κ2) is 7.32. The number of nitrogens with one attached hydrogen (secondary N) is 1. The smallest absolute Gasteiger partial charge is 0.255 e. The van der Waals surface area contributed by atoms with E-state index >= 15 is 0 Å². The molecule has 2 rings (SSSR count). The number of benzene rings is 2. The quantitative estimate of drug-likeness (QED) is 0.851. The zero-order valence-corrected chi connectivity index (χ0v) is 14.4. The molecule has 1 N–H and O–H groups in total. The number of halogens is 2. The number of carbonyl (C=O) groups excluding carboxylic acids is 1. The summed E-state index contributed by atoms with van der Waals surface area (Å²) >= 11 is 3.33. The van der Waals surface area contributed by atoms with Gasteiger partial charge in [-0.2, -0.15) is 0 Å². The van der Waals surface area contributed by atoms with E-state index < -0.39 is 11.7 Å². The van der Waals surface area contributed by atoms with E-state index in [4.69, 9.17) is 14.2 Å². The molecule has 0 aliphatic heterocycles. The summed E-state index contributed by atoms with van der Waals surface area (Å²) in [5, 5.41) is 2.61. The highest BCUT2D eigenvalue weighted by molar-refractivity contribution is 9.10. The molecule has 0 fully saturated rings. The molecule has 0 saturated heterocycles. The Bertz CT molecular complexity index is 711. The number of rotatable bonds is 5. The molecule has 2 aromatic carbocycles. The zero-order chi connectivity index (χ0) is 17.0. The van der Waals surface area contributed by atoms with Crippen LogP contribution in [0, 0.1) is 5.82 Å². The third-order valence-corrected chi connectivity index (χ3v) is 3.90. The Hall–Kier alpha value is -2.28. The van der Waals surface area contributed by atoms with Crippen molar-refractivity contribution in [3.05, 3.63) is 46.2 Å². The van der Waals surface area contributed by atoms with Crippen molar-refractivity contribution >= 4 is 27.5 Å². The summed E-state index contributed by atoms with van der Waals surface area (Å²) in [6.45, 7) is 0. The fourth-order valence-electron chi connectivity index (χ4n) is 1.95. The summed E-state index contributed by atoms with van der Waals surface area (Å²) < 4.78 is 29.5. The first-order chi connectivity index (χ1) is 11.0. The minimum absolute atomic E-state index is 0.106. The molecule has 23 heavy (non-hydrogen) atoms. The highest BCUT2D eigenvalue weighted by Crippen LogP contribution is 2.35. The second-order valence-electron chi connectivity index (χ2n) is 4.50. The van der Waals surface area contributed by atoms with Crippen LogP contribution in [0.2, 0.25) is 0 Å². The molecule has 0 aliphatic rings. The van der Waals surface area contributed by atoms with E-state index in [1.807, 2.05) is 0 Å². The first kappa shape index (κ1) is 17.1. The largest absolute Gasteiger partial charge is 0.495 e. The minimum Gasteiger partial charge on any atom is -0.495 e. The van der Waals surface area contributed by atoms with Gasteiger partial charge in [-0.05, 0) is 40.2 Å². The van der Waals surface area contributed by atoms with Crippen molar-refractivity contribution in [1.82, 2.24) is 0 Å². The summed E-state index contributed by atoms with van der Waals surface area (Å²) in [5.74, 6) is 0.0377. The van der Waals surface area contributed by atoms with Crippen molar-refractivity contribution in [1.29, 1.82) is 0 Å². The van der Waals surface area contributed by atoms with Crippen LogP contribution in [0.25, 0.3) is 0 Å². The third kappa shape index (κ3) is 3.73. The first-order valence-electron chi connectivity index (χ1n) is 6.56. The Balaban J connectivity index is 2.28. The summed E-state index contributed by atoms with van der Waals surface area (Å²) in [6.07, 6.45) is 0. The predicted octanol–water partition coefficient (Wildman–Crippen LogP) is 3.87. The molecule has 1 amide bonds. The van der Waals surface area contributed by atoms with Gasteiger partial charge in [0.05, 0.1) is 21.3 Å². The van der Waals surface area contributed by atoms with Crippen molar-refractivity contribution in [2.75, 3.05) is 26.6 Å². The SMILES string of the molecule is COc1ccc(NC(=O)c2cc(OC)c(Br)c(OC)c2)cc1F. The molecule has 0 heterocycles. The zero-order valence-electron chi connectivity index (χ0n) is 12.8. The van der Waals surface area contributed by atoms with E-state index in [0.717, 1.165) is 0 Å². The number of ether oxygens (including phenoxy) is 3. The van der Waals surface area contributed by atoms with Crippen LogP contribution < -0.4 is 19.5 Å². The van der Waals surface area contributed by atoms with E-state index in [1.165, 1.54) is 33.5 Å². The molecular formula is C16H15BrFNO4. The summed E-state index contributed by atoms with van der Waals surface area (Å²) in [6, 6.07) is 7.29. The Kier molecular flexibility index (Phi) is 5.44. The van der Waals surface area contributed by atoms with Gasteiger partial charge in [0.15, 0.2) is 11.6 Å². The van der Waals surface area contributed by atoms with Crippen molar-refractivity contribution in [2.45, 2.75) is 0 Å². The number of methoxy groups -OCH3 is 3. The Morgan fingerprint density at radius 3 is 2.04 bits per heavy atom. The van der Waals surface area contributed by atoms with Crippen molar-refractivity contribution in [2.24, 2.45) is 0 Å². The van der Waals surface area contributed by atoms with Gasteiger partial charge in [0.1, 0.15) is 16.0 Å². The van der Waals surface area contributed by atoms with E-state index in [-0.39, 0.29) is 5.75 Å². The van der Waals surface area contributed by atoms with Crippen molar-refractivity contribution < 1.29 is 23.4 Å². The van der Waals surface area contributed by atoms with E-state index in [0.29, 0.717) is 27.2 Å². The molecule has 7 heteroatoms. The molecule has 0 aliphatic carbocycles. The molecule has 0 atom stereocenters. The van der Waals surface area contributed by atoms with Gasteiger partial charge in [0.2, 0.25) is 0 Å². The summed E-state index contributed by atoms with van der Waals surface area (Å²) in [7, 11) is 4.34. The molecule has 0 radical (unpaired) electrons. The van der Waals surface area contributed by atoms with Crippen LogP contribution in [0.4, 0.5) is 10.1 Å². The third-order valence-electron chi connectivity index (χ3n) is 3.12. The van der Waals surface area contributed by atoms with Gasteiger partial charge < -0.3 is 19.5 Å². The van der Waals surface area contributed by atoms with Crippen LogP contribution in [0.15, 0.2) is 34.8 Å². The Morgan fingerprint density at radius 2 is 1.57 bits per heavy atom. The van der Waals surface area contributed by atoms with E-state index in [1.54, 1.807) is 18.2 Å². The number of amides is 1. The lowest BCUT2D eigenvalue weighted by molar-refractivity contribution is 0.102. The minimum atomic E-state index is -0.559. The topological polar surface area (TPSA) is 56.8 Å². The molecular weight excluding hydrogens is 369 g/mol. The van der Waals surface area contributed by atoms with Crippen molar-refractivity contribution in [3.63, 3.8) is 0 Å². The van der Waals surface area contributed by atoms with E-state index in [9.17, 15) is 9.18 Å². The Labute approximate surface area is 141 Å². The van der Waals surface area contributed by atoms with Gasteiger partial charge in [-0.1, -0.05) is 0 Å². The van der Waals surface area contributed by atoms with Gasteiger partial charge in [-0.25, -0.2) is 4.39 Å². The van der Waals surface area contributed by atoms with Crippen LogP contribution in [0.1, 0.15) is 10.4 Å². The normalized spacial score (nSPS) is 10.1. The van der Waals surface area contributed by atoms with Crippen molar-refractivity contribution in [3.8, 4) is 17.2 Å². The average molecular weight is 384 g/mol. The molecule has 5 nitrogen and oxygen atoms in total. The maximum Gasteiger partial charge on any atom is 0.255 e. The highest BCUT2D eigenvalue weighted by atomic mass is 79.9. The molecule has 0 saturated carbocycles.